The summed E-state index contributed by atoms with van der Waals surface area (Å²) in [5.41, 5.74) is 0. The van der Waals surface area contributed by atoms with Gasteiger partial charge in [0, 0.05) is 11.3 Å². The molecule has 0 saturated heterocycles. The molecule has 2 nitrogen and oxygen atoms in total. The van der Waals surface area contributed by atoms with Crippen molar-refractivity contribution in [2.75, 3.05) is 5.75 Å². The van der Waals surface area contributed by atoms with Crippen molar-refractivity contribution in [2.24, 2.45) is 0 Å². The number of furan rings is 1. The summed E-state index contributed by atoms with van der Waals surface area (Å²) in [6.45, 7) is 3.78. The van der Waals surface area contributed by atoms with Crippen molar-refractivity contribution in [3.63, 3.8) is 0 Å². The van der Waals surface area contributed by atoms with Gasteiger partial charge in [-0.2, -0.15) is 0 Å². The Morgan fingerprint density at radius 3 is 2.92 bits per heavy atom. The number of hydrogen-bond acceptors (Lipinski definition) is 3. The van der Waals surface area contributed by atoms with Crippen LogP contribution in [-0.2, 0) is 4.79 Å². The van der Waals surface area contributed by atoms with Gasteiger partial charge in [0.1, 0.15) is 11.5 Å². The number of carbonyl (C=O) groups is 1. The van der Waals surface area contributed by atoms with Gasteiger partial charge in [0.25, 0.3) is 0 Å². The largest absolute Gasteiger partial charge is 0.468 e. The second-order valence-corrected chi connectivity index (χ2v) is 3.54. The molecule has 0 N–H and O–H groups in total. The number of hydrogen-bond donors (Lipinski definition) is 0. The molecule has 0 saturated carbocycles. The van der Waals surface area contributed by atoms with E-state index in [1.54, 1.807) is 18.0 Å². The zero-order valence-electron chi connectivity index (χ0n) is 7.29. The Morgan fingerprint density at radius 2 is 2.42 bits per heavy atom. The van der Waals surface area contributed by atoms with Gasteiger partial charge in [-0.05, 0) is 13.0 Å². The third kappa shape index (κ3) is 2.41. The molecule has 0 bridgehead atoms. The van der Waals surface area contributed by atoms with Crippen molar-refractivity contribution in [1.82, 2.24) is 0 Å². The fourth-order valence-electron chi connectivity index (χ4n) is 0.783. The predicted octanol–water partition coefficient (Wildman–Crippen LogP) is 2.66. The van der Waals surface area contributed by atoms with E-state index in [4.69, 9.17) is 4.42 Å². The lowest BCUT2D eigenvalue weighted by Gasteiger charge is -1.96. The molecule has 12 heavy (non-hydrogen) atoms. The molecule has 0 aliphatic heterocycles. The molecule has 0 amide bonds. The highest BCUT2D eigenvalue weighted by atomic mass is 32.2. The zero-order valence-corrected chi connectivity index (χ0v) is 8.11. The van der Waals surface area contributed by atoms with Crippen molar-refractivity contribution in [2.45, 2.75) is 25.2 Å². The highest BCUT2D eigenvalue weighted by molar-refractivity contribution is 8.00. The average molecular weight is 184 g/mol. The third-order valence-electron chi connectivity index (χ3n) is 1.59. The Kier molecular flexibility index (Phi) is 3.41. The highest BCUT2D eigenvalue weighted by Gasteiger charge is 2.04. The van der Waals surface area contributed by atoms with Gasteiger partial charge in [0.05, 0.1) is 12.0 Å². The Balaban J connectivity index is 2.43. The Labute approximate surface area is 76.3 Å². The van der Waals surface area contributed by atoms with E-state index in [0.29, 0.717) is 12.2 Å². The smallest absolute Gasteiger partial charge is 0.142 e. The Bertz CT molecular complexity index is 265. The molecule has 1 aromatic heterocycles. The molecule has 0 fully saturated rings. The van der Waals surface area contributed by atoms with Crippen LogP contribution in [0.4, 0.5) is 0 Å². The van der Waals surface area contributed by atoms with E-state index in [-0.39, 0.29) is 5.78 Å². The van der Waals surface area contributed by atoms with Crippen molar-refractivity contribution in [3.05, 3.63) is 18.1 Å². The molecule has 1 aromatic rings. The topological polar surface area (TPSA) is 30.2 Å². The first-order valence-electron chi connectivity index (χ1n) is 3.92. The normalized spacial score (nSPS) is 10.2. The molecule has 0 aliphatic rings. The molecule has 3 heteroatoms. The van der Waals surface area contributed by atoms with Gasteiger partial charge in [0.15, 0.2) is 0 Å². The number of ketones is 1. The summed E-state index contributed by atoms with van der Waals surface area (Å²) in [5, 5.41) is 0. The van der Waals surface area contributed by atoms with E-state index in [1.165, 1.54) is 0 Å². The summed E-state index contributed by atoms with van der Waals surface area (Å²) >= 11 is 1.54. The molecule has 1 heterocycles. The number of aryl methyl sites for hydroxylation is 1. The van der Waals surface area contributed by atoms with Crippen LogP contribution in [-0.4, -0.2) is 11.5 Å². The minimum atomic E-state index is 0.278. The number of rotatable bonds is 4. The van der Waals surface area contributed by atoms with Crippen LogP contribution in [0.1, 0.15) is 19.1 Å². The summed E-state index contributed by atoms with van der Waals surface area (Å²) in [4.78, 5) is 12.0. The van der Waals surface area contributed by atoms with Crippen LogP contribution >= 0.6 is 11.8 Å². The first-order valence-corrected chi connectivity index (χ1v) is 4.91. The van der Waals surface area contributed by atoms with Crippen molar-refractivity contribution in [1.29, 1.82) is 0 Å². The molecular weight excluding hydrogens is 172 g/mol. The van der Waals surface area contributed by atoms with Gasteiger partial charge in [0.2, 0.25) is 0 Å². The Hall–Kier alpha value is -0.700. The molecule has 0 radical (unpaired) electrons. The van der Waals surface area contributed by atoms with Crippen LogP contribution in [0.25, 0.3) is 0 Å². The maximum atomic E-state index is 11.0. The summed E-state index contributed by atoms with van der Waals surface area (Å²) in [6.07, 6.45) is 2.26. The van der Waals surface area contributed by atoms with E-state index in [0.717, 1.165) is 10.7 Å². The zero-order chi connectivity index (χ0) is 8.97. The molecule has 0 atom stereocenters. The number of carbonyl (C=O) groups excluding carboxylic acids is 1. The van der Waals surface area contributed by atoms with Gasteiger partial charge in [-0.25, -0.2) is 0 Å². The van der Waals surface area contributed by atoms with Gasteiger partial charge >= 0.3 is 0 Å². The lowest BCUT2D eigenvalue weighted by molar-refractivity contribution is -0.116. The quantitative estimate of drug-likeness (QED) is 0.674. The average Bonchev–Trinajstić information content (AvgIpc) is 2.47. The van der Waals surface area contributed by atoms with Crippen LogP contribution in [0.5, 0.6) is 0 Å². The monoisotopic (exact) mass is 184 g/mol. The standard InChI is InChI=1S/C9H12O2S/c1-3-8(10)6-12-9-4-5-11-7(9)2/h4-5H,3,6H2,1-2H3. The SMILES string of the molecule is CCC(=O)CSc1ccoc1C. The highest BCUT2D eigenvalue weighted by Crippen LogP contribution is 2.22. The van der Waals surface area contributed by atoms with Crippen LogP contribution < -0.4 is 0 Å². The van der Waals surface area contributed by atoms with Crippen molar-refractivity contribution < 1.29 is 9.21 Å². The molecule has 0 aliphatic carbocycles. The summed E-state index contributed by atoms with van der Waals surface area (Å²) in [6, 6.07) is 1.89. The predicted molar refractivity (Wildman–Crippen MR) is 49.5 cm³/mol. The van der Waals surface area contributed by atoms with Crippen molar-refractivity contribution in [3.8, 4) is 0 Å². The number of thioether (sulfide) groups is 1. The molecule has 0 spiro atoms. The molecule has 0 unspecified atom stereocenters. The molecular formula is C9H12O2S. The second-order valence-electron chi connectivity index (χ2n) is 2.52. The van der Waals surface area contributed by atoms with E-state index in [9.17, 15) is 4.79 Å². The van der Waals surface area contributed by atoms with E-state index >= 15 is 0 Å². The minimum Gasteiger partial charge on any atom is -0.468 e. The van der Waals surface area contributed by atoms with E-state index in [1.807, 2.05) is 19.9 Å². The fraction of sp³-hybridized carbons (Fsp3) is 0.444. The number of Topliss-reactive ketones (excluding diaryl/α,β-unsaturated/α-hetero) is 1. The Morgan fingerprint density at radius 1 is 1.67 bits per heavy atom. The van der Waals surface area contributed by atoms with Crippen LogP contribution in [0.2, 0.25) is 0 Å². The van der Waals surface area contributed by atoms with Gasteiger partial charge < -0.3 is 4.42 Å². The molecule has 66 valence electrons. The van der Waals surface area contributed by atoms with Crippen LogP contribution in [0, 0.1) is 6.92 Å². The van der Waals surface area contributed by atoms with Gasteiger partial charge in [-0.3, -0.25) is 4.79 Å². The first-order chi connectivity index (χ1) is 5.74. The fourth-order valence-corrected chi connectivity index (χ4v) is 1.71. The second kappa shape index (κ2) is 4.36. The van der Waals surface area contributed by atoms with Crippen molar-refractivity contribution >= 4 is 17.5 Å². The summed E-state index contributed by atoms with van der Waals surface area (Å²) < 4.78 is 5.10. The summed E-state index contributed by atoms with van der Waals surface area (Å²) in [7, 11) is 0. The van der Waals surface area contributed by atoms with Crippen LogP contribution in [0.3, 0.4) is 0 Å². The van der Waals surface area contributed by atoms with Gasteiger partial charge in [-0.1, -0.05) is 6.92 Å². The maximum Gasteiger partial charge on any atom is 0.142 e. The lowest BCUT2D eigenvalue weighted by Crippen LogP contribution is -1.97. The molecule has 0 aromatic carbocycles. The summed E-state index contributed by atoms with van der Waals surface area (Å²) in [5.74, 6) is 1.72. The molecule has 1 rings (SSSR count). The maximum absolute atomic E-state index is 11.0. The third-order valence-corrected chi connectivity index (χ3v) is 2.80. The van der Waals surface area contributed by atoms with E-state index in [2.05, 4.69) is 0 Å². The van der Waals surface area contributed by atoms with Gasteiger partial charge in [-0.15, -0.1) is 11.8 Å². The van der Waals surface area contributed by atoms with Crippen LogP contribution in [0.15, 0.2) is 21.6 Å². The lowest BCUT2D eigenvalue weighted by atomic mass is 10.4. The first kappa shape index (κ1) is 9.39. The minimum absolute atomic E-state index is 0.278. The van der Waals surface area contributed by atoms with E-state index < -0.39 is 0 Å².